The number of nitrogens with zero attached hydrogens (tertiary/aromatic N) is 1. The first-order valence-corrected chi connectivity index (χ1v) is 14.7. The Morgan fingerprint density at radius 2 is 1.95 bits per heavy atom. The number of Topliss-reactive ketones (excluding diaryl/α,β-unsaturated/α-hetero) is 2. The van der Waals surface area contributed by atoms with E-state index in [9.17, 15) is 29.7 Å². The molecule has 0 bridgehead atoms. The molecule has 11 nitrogen and oxygen atoms in total. The maximum Gasteiger partial charge on any atom is 0.255 e. The van der Waals surface area contributed by atoms with Gasteiger partial charge in [0.1, 0.15) is 22.6 Å². The first kappa shape index (κ1) is 28.0. The Balaban J connectivity index is 1.55. The highest BCUT2D eigenvalue weighted by Crippen LogP contribution is 2.57. The molecule has 6 rings (SSSR count). The number of aliphatic hydroxyl groups is 3. The average Bonchev–Trinajstić information content (AvgIpc) is 3.45. The lowest BCUT2D eigenvalue weighted by atomic mass is 9.55. The number of fused-ring (bicyclic) bond motifs is 5. The highest BCUT2D eigenvalue weighted by molar-refractivity contribution is 7.98. The number of aromatic nitrogens is 1. The normalized spacial score (nSPS) is 27.1. The van der Waals surface area contributed by atoms with Gasteiger partial charge in [-0.25, -0.2) is 4.98 Å². The summed E-state index contributed by atoms with van der Waals surface area (Å²) >= 11 is 1.65. The molecule has 7 N–H and O–H groups in total. The van der Waals surface area contributed by atoms with Crippen LogP contribution in [-0.2, 0) is 20.1 Å². The van der Waals surface area contributed by atoms with Gasteiger partial charge in [-0.15, -0.1) is 0 Å². The number of nitrogens with one attached hydrogen (secondary N) is 2. The third-order valence-corrected chi connectivity index (χ3v) is 9.91. The van der Waals surface area contributed by atoms with E-state index in [4.69, 9.17) is 10.2 Å². The number of hydrogen-bond donors (Lipinski definition) is 6. The topological polar surface area (TPSA) is 188 Å². The van der Waals surface area contributed by atoms with Gasteiger partial charge in [0, 0.05) is 41.6 Å². The van der Waals surface area contributed by atoms with Gasteiger partial charge in [-0.2, -0.15) is 11.8 Å². The Hall–Kier alpha value is -4.13. The van der Waals surface area contributed by atoms with E-state index in [0.29, 0.717) is 22.7 Å². The van der Waals surface area contributed by atoms with Gasteiger partial charge in [-0.1, -0.05) is 30.3 Å². The number of oxazole rings is 1. The number of benzene rings is 2. The number of ketones is 2. The van der Waals surface area contributed by atoms with Crippen LogP contribution >= 0.6 is 11.8 Å². The lowest BCUT2D eigenvalue weighted by Gasteiger charge is -2.50. The molecule has 1 fully saturated rings. The van der Waals surface area contributed by atoms with Crippen molar-refractivity contribution < 1.29 is 34.1 Å². The highest BCUT2D eigenvalue weighted by atomic mass is 32.2. The van der Waals surface area contributed by atoms with Crippen LogP contribution in [0.5, 0.6) is 0 Å². The van der Waals surface area contributed by atoms with Crippen LogP contribution < -0.4 is 16.4 Å². The number of anilines is 1. The molecule has 1 heterocycles. The van der Waals surface area contributed by atoms with E-state index in [0.717, 1.165) is 11.1 Å². The van der Waals surface area contributed by atoms with Crippen LogP contribution in [0.25, 0.3) is 16.9 Å². The molecule has 0 spiro atoms. The van der Waals surface area contributed by atoms with Gasteiger partial charge in [-0.3, -0.25) is 14.4 Å². The van der Waals surface area contributed by atoms with E-state index in [1.165, 1.54) is 13.4 Å². The van der Waals surface area contributed by atoms with E-state index < -0.39 is 58.0 Å². The summed E-state index contributed by atoms with van der Waals surface area (Å²) < 4.78 is 5.69. The Kier molecular flexibility index (Phi) is 6.87. The second kappa shape index (κ2) is 10.3. The van der Waals surface area contributed by atoms with Crippen LogP contribution in [0.3, 0.4) is 0 Å². The number of rotatable bonds is 7. The number of amides is 1. The molecule has 3 aliphatic carbocycles. The molecular formula is C30H30N4O7S. The van der Waals surface area contributed by atoms with Crippen molar-refractivity contribution in [3.63, 3.8) is 0 Å². The summed E-state index contributed by atoms with van der Waals surface area (Å²) in [7, 11) is 3.22. The summed E-state index contributed by atoms with van der Waals surface area (Å²) in [6.45, 7) is 0. The molecule has 218 valence electrons. The fourth-order valence-electron chi connectivity index (χ4n) is 6.89. The molecule has 3 aliphatic rings. The van der Waals surface area contributed by atoms with Crippen molar-refractivity contribution in [3.05, 3.63) is 76.4 Å². The maximum atomic E-state index is 14.3. The van der Waals surface area contributed by atoms with E-state index in [1.807, 2.05) is 36.4 Å². The van der Waals surface area contributed by atoms with Crippen molar-refractivity contribution in [1.29, 1.82) is 0 Å². The van der Waals surface area contributed by atoms with Crippen molar-refractivity contribution in [3.8, 4) is 0 Å². The van der Waals surface area contributed by atoms with Gasteiger partial charge in [0.2, 0.25) is 5.78 Å². The second-order valence-corrected chi connectivity index (χ2v) is 11.8. The van der Waals surface area contributed by atoms with Crippen LogP contribution in [0, 0.1) is 11.8 Å². The minimum absolute atomic E-state index is 0.0442. The summed E-state index contributed by atoms with van der Waals surface area (Å²) in [5, 5.41) is 40.8. The number of hydrogen-bond acceptors (Lipinski definition) is 11. The number of aliphatic hydroxyl groups excluding tert-OH is 2. The first-order valence-electron chi connectivity index (χ1n) is 13.5. The first-order chi connectivity index (χ1) is 20.1. The Labute approximate surface area is 244 Å². The van der Waals surface area contributed by atoms with E-state index in [-0.39, 0.29) is 29.1 Å². The molecule has 0 aliphatic heterocycles. The van der Waals surface area contributed by atoms with Gasteiger partial charge in [-0.05, 0) is 36.6 Å². The quantitative estimate of drug-likeness (QED) is 0.222. The van der Waals surface area contributed by atoms with Crippen molar-refractivity contribution in [1.82, 2.24) is 10.3 Å². The van der Waals surface area contributed by atoms with E-state index in [2.05, 4.69) is 15.6 Å². The molecule has 1 saturated carbocycles. The lowest BCUT2D eigenvalue weighted by molar-refractivity contribution is -0.150. The third kappa shape index (κ3) is 3.89. The molecule has 0 saturated heterocycles. The SMILES string of the molecule is CNc1cc2ncoc2c2c1[C@H](CSCc1ccccc1)[C@H]1C[C@H]3[C@H](NC)C(=O)C(C(N)=O)=C(O)[C@@]3(O)C(=O)C1=C2O. The number of nitrogens with two attached hydrogens (primary N) is 1. The summed E-state index contributed by atoms with van der Waals surface area (Å²) in [5.41, 5.74) is 5.36. The number of thioether (sulfide) groups is 1. The molecular weight excluding hydrogens is 560 g/mol. The Morgan fingerprint density at radius 1 is 1.21 bits per heavy atom. The van der Waals surface area contributed by atoms with Crippen LogP contribution in [0.2, 0.25) is 0 Å². The second-order valence-electron chi connectivity index (χ2n) is 10.8. The summed E-state index contributed by atoms with van der Waals surface area (Å²) in [6, 6.07) is 10.6. The minimum Gasteiger partial charge on any atom is -0.508 e. The number of carbonyl (C=O) groups is 3. The molecule has 12 heteroatoms. The molecule has 0 radical (unpaired) electrons. The van der Waals surface area contributed by atoms with Gasteiger partial charge < -0.3 is 36.1 Å². The smallest absolute Gasteiger partial charge is 0.255 e. The van der Waals surface area contributed by atoms with Crippen LogP contribution in [0.1, 0.15) is 29.0 Å². The highest BCUT2D eigenvalue weighted by Gasteiger charge is 2.64. The average molecular weight is 591 g/mol. The Morgan fingerprint density at radius 3 is 2.62 bits per heavy atom. The largest absolute Gasteiger partial charge is 0.508 e. The van der Waals surface area contributed by atoms with Crippen molar-refractivity contribution >= 4 is 51.8 Å². The predicted octanol–water partition coefficient (Wildman–Crippen LogP) is 2.57. The zero-order valence-corrected chi connectivity index (χ0v) is 23.7. The van der Waals surface area contributed by atoms with Crippen molar-refractivity contribution in [2.75, 3.05) is 25.2 Å². The summed E-state index contributed by atoms with van der Waals surface area (Å²) in [4.78, 5) is 44.0. The predicted molar refractivity (Wildman–Crippen MR) is 157 cm³/mol. The molecule has 0 unspecified atom stereocenters. The molecule has 1 amide bonds. The van der Waals surface area contributed by atoms with Crippen LogP contribution in [0.15, 0.2) is 64.1 Å². The molecule has 5 atom stereocenters. The molecule has 1 aromatic heterocycles. The van der Waals surface area contributed by atoms with Crippen LogP contribution in [-0.4, -0.2) is 69.3 Å². The third-order valence-electron chi connectivity index (χ3n) is 8.78. The van der Waals surface area contributed by atoms with Gasteiger partial charge in [0.25, 0.3) is 5.91 Å². The standard InChI is InChI=1S/C30H30N4O7S/c1-32-17-9-18-26(41-12-34-18)21-19(17)15(11-42-10-13-6-4-3-5-7-13)14-8-16-23(33-2)25(36)22(29(31)39)28(38)30(16,40)27(37)20(14)24(21)35/h3-7,9,12,14-16,23,32-33,35,38,40H,8,10-11H2,1-2H3,(H2,31,39)/t14-,15-,16+,23+,30+/m1/s1. The lowest BCUT2D eigenvalue weighted by Crippen LogP contribution is -2.66. The maximum absolute atomic E-state index is 14.3. The van der Waals surface area contributed by atoms with E-state index >= 15 is 0 Å². The minimum atomic E-state index is -2.66. The molecule has 3 aromatic rings. The van der Waals surface area contributed by atoms with Crippen molar-refractivity contribution in [2.24, 2.45) is 17.6 Å². The zero-order chi connectivity index (χ0) is 29.9. The summed E-state index contributed by atoms with van der Waals surface area (Å²) in [6.07, 6.45) is 1.29. The van der Waals surface area contributed by atoms with Gasteiger partial charge >= 0.3 is 0 Å². The monoisotopic (exact) mass is 590 g/mol. The van der Waals surface area contributed by atoms with Crippen molar-refractivity contribution in [2.45, 2.75) is 29.7 Å². The zero-order valence-electron chi connectivity index (χ0n) is 22.9. The fourth-order valence-corrected chi connectivity index (χ4v) is 8.08. The van der Waals surface area contributed by atoms with Crippen LogP contribution in [0.4, 0.5) is 5.69 Å². The molecule has 2 aromatic carbocycles. The number of carbonyl (C=O) groups excluding carboxylic acids is 3. The number of likely N-dealkylation sites (N-methyl/N-ethyl adjacent to an activating group) is 1. The van der Waals surface area contributed by atoms with E-state index in [1.54, 1.807) is 18.8 Å². The number of primary amides is 1. The Bertz CT molecular complexity index is 1700. The van der Waals surface area contributed by atoms with Gasteiger partial charge in [0.05, 0.1) is 11.6 Å². The molecule has 42 heavy (non-hydrogen) atoms. The summed E-state index contributed by atoms with van der Waals surface area (Å²) in [5.74, 6) is -5.48. The fraction of sp³-hybridized carbons (Fsp3) is 0.333. The van der Waals surface area contributed by atoms with Gasteiger partial charge in [0.15, 0.2) is 23.4 Å².